The first-order valence-corrected chi connectivity index (χ1v) is 21.8. The lowest BCUT2D eigenvalue weighted by Crippen LogP contribution is -2.24. The predicted molar refractivity (Wildman–Crippen MR) is 249 cm³/mol. The summed E-state index contributed by atoms with van der Waals surface area (Å²) in [6.45, 7) is 0. The Bertz CT molecular complexity index is 2920. The number of fused-ring (bicyclic) bond motifs is 2. The molecule has 0 saturated carbocycles. The van der Waals surface area contributed by atoms with Gasteiger partial charge in [-0.3, -0.25) is 14.4 Å². The third-order valence-electron chi connectivity index (χ3n) is 11.9. The number of aryl methyl sites for hydroxylation is 2. The number of carbonyl (C=O) groups is 5. The Morgan fingerprint density at radius 3 is 1.44 bits per heavy atom. The highest BCUT2D eigenvalue weighted by molar-refractivity contribution is 6.02. The second kappa shape index (κ2) is 21.1. The number of rotatable bonds is 10. The number of ketones is 1. The van der Waals surface area contributed by atoms with Crippen LogP contribution in [0.5, 0.6) is 0 Å². The van der Waals surface area contributed by atoms with Gasteiger partial charge in [0.1, 0.15) is 0 Å². The first-order valence-electron chi connectivity index (χ1n) is 21.8. The van der Waals surface area contributed by atoms with Crippen molar-refractivity contribution in [1.82, 2.24) is 0 Å². The molecule has 0 spiro atoms. The number of urea groups is 2. The standard InChI is InChI=1S/C26H23F3N2O4.C26H21F3N2O4/c2*27-26(28,29)19-2-1-3-21(14-19)31-25(35)30-20-9-6-15(7-10-20)16-8-11-22-17(12-16)4-5-18(24(22)34)13-23(32)33/h1-3,6-12,14,18,24,34H,4-5,13H2,(H,32,33)(H2,30,31,35);1-3,6-12,14,18H,4-5,13H2,(H,32,33)(H2,30,31,35). The number of Topliss-reactive ketones (excluding diaryl/α,β-unsaturated/α-hetero) is 1. The molecule has 2 aliphatic carbocycles. The van der Waals surface area contributed by atoms with Crippen molar-refractivity contribution in [3.05, 3.63) is 167 Å². The molecule has 0 fully saturated rings. The Morgan fingerprint density at radius 2 is 0.957 bits per heavy atom. The number of amides is 4. The second-order valence-corrected chi connectivity index (χ2v) is 16.8. The molecule has 6 aromatic carbocycles. The number of halogens is 6. The van der Waals surface area contributed by atoms with Crippen molar-refractivity contribution >= 4 is 52.5 Å². The molecule has 0 heterocycles. The summed E-state index contributed by atoms with van der Waals surface area (Å²) in [4.78, 5) is 59.0. The van der Waals surface area contributed by atoms with Crippen molar-refractivity contribution in [3.63, 3.8) is 0 Å². The van der Waals surface area contributed by atoms with Gasteiger partial charge in [-0.05, 0) is 131 Å². The molecule has 0 saturated heterocycles. The Kier molecular flexibility index (Phi) is 15.1. The van der Waals surface area contributed by atoms with Crippen LogP contribution >= 0.6 is 0 Å². The molecule has 7 N–H and O–H groups in total. The molecule has 3 atom stereocenters. The molecule has 2 aliphatic rings. The van der Waals surface area contributed by atoms with Gasteiger partial charge < -0.3 is 36.6 Å². The summed E-state index contributed by atoms with van der Waals surface area (Å²) >= 11 is 0. The third kappa shape index (κ3) is 12.8. The maximum atomic E-state index is 12.8. The molecule has 0 bridgehead atoms. The van der Waals surface area contributed by atoms with Gasteiger partial charge in [0.05, 0.1) is 30.1 Å². The summed E-state index contributed by atoms with van der Waals surface area (Å²) in [7, 11) is 0. The van der Waals surface area contributed by atoms with E-state index in [-0.39, 0.29) is 35.9 Å². The maximum Gasteiger partial charge on any atom is 0.416 e. The summed E-state index contributed by atoms with van der Waals surface area (Å²) in [6, 6.07) is 32.3. The van der Waals surface area contributed by atoms with Crippen LogP contribution in [0.4, 0.5) is 58.7 Å². The highest BCUT2D eigenvalue weighted by Crippen LogP contribution is 2.39. The summed E-state index contributed by atoms with van der Waals surface area (Å²) in [6.07, 6.45) is -7.69. The van der Waals surface area contributed by atoms with Crippen LogP contribution in [0.1, 0.15) is 70.0 Å². The lowest BCUT2D eigenvalue weighted by Gasteiger charge is -2.29. The Balaban J connectivity index is 0.000000206. The summed E-state index contributed by atoms with van der Waals surface area (Å²) < 4.78 is 77.0. The normalized spacial score (nSPS) is 16.3. The van der Waals surface area contributed by atoms with Crippen molar-refractivity contribution in [1.29, 1.82) is 0 Å². The number of aliphatic hydroxyl groups excluding tert-OH is 1. The average Bonchev–Trinajstić information content (AvgIpc) is 3.31. The number of aliphatic carboxylic acids is 2. The maximum absolute atomic E-state index is 12.8. The number of nitrogens with one attached hydrogen (secondary N) is 4. The minimum Gasteiger partial charge on any atom is -0.481 e. The Morgan fingerprint density at radius 1 is 0.514 bits per heavy atom. The molecule has 0 aromatic heterocycles. The molecule has 4 amide bonds. The van der Waals surface area contributed by atoms with E-state index in [0.717, 1.165) is 63.2 Å². The fourth-order valence-corrected chi connectivity index (χ4v) is 8.41. The van der Waals surface area contributed by atoms with Crippen molar-refractivity contribution in [2.75, 3.05) is 21.3 Å². The van der Waals surface area contributed by atoms with Crippen LogP contribution in [0, 0.1) is 11.8 Å². The van der Waals surface area contributed by atoms with E-state index in [1.165, 1.54) is 24.3 Å². The first kappa shape index (κ1) is 49.9. The van der Waals surface area contributed by atoms with Gasteiger partial charge in [0, 0.05) is 34.2 Å². The van der Waals surface area contributed by atoms with Gasteiger partial charge in [-0.25, -0.2) is 9.59 Å². The van der Waals surface area contributed by atoms with Crippen LogP contribution in [-0.2, 0) is 34.8 Å². The Hall–Kier alpha value is -7.99. The van der Waals surface area contributed by atoms with Gasteiger partial charge >= 0.3 is 36.4 Å². The van der Waals surface area contributed by atoms with E-state index in [9.17, 15) is 55.4 Å². The first-order chi connectivity index (χ1) is 33.2. The van der Waals surface area contributed by atoms with Gasteiger partial charge in [-0.1, -0.05) is 72.8 Å². The molecule has 3 unspecified atom stereocenters. The van der Waals surface area contributed by atoms with Gasteiger partial charge in [0.2, 0.25) is 0 Å². The summed E-state index contributed by atoms with van der Waals surface area (Å²) in [5.41, 5.74) is 5.88. The Labute approximate surface area is 396 Å². The van der Waals surface area contributed by atoms with E-state index in [4.69, 9.17) is 10.2 Å². The van der Waals surface area contributed by atoms with Gasteiger partial charge in [-0.15, -0.1) is 0 Å². The number of carboxylic acids is 2. The zero-order chi connectivity index (χ0) is 50.3. The average molecular weight is 967 g/mol. The number of carboxylic acid groups (broad SMARTS) is 2. The summed E-state index contributed by atoms with van der Waals surface area (Å²) in [5.74, 6) is -2.87. The predicted octanol–water partition coefficient (Wildman–Crippen LogP) is 12.3. The van der Waals surface area contributed by atoms with Crippen molar-refractivity contribution in [3.8, 4) is 22.3 Å². The number of alkyl halides is 6. The van der Waals surface area contributed by atoms with E-state index in [1.54, 1.807) is 60.7 Å². The van der Waals surface area contributed by atoms with Crippen molar-refractivity contribution in [2.24, 2.45) is 11.8 Å². The van der Waals surface area contributed by atoms with Crippen LogP contribution in [-0.4, -0.2) is 45.1 Å². The van der Waals surface area contributed by atoms with Crippen LogP contribution in [0.3, 0.4) is 0 Å². The van der Waals surface area contributed by atoms with Crippen LogP contribution in [0.2, 0.25) is 0 Å². The molecule has 12 nitrogen and oxygen atoms in total. The summed E-state index contributed by atoms with van der Waals surface area (Å²) in [5, 5.41) is 38.5. The van der Waals surface area contributed by atoms with Crippen molar-refractivity contribution < 1.29 is 65.6 Å². The number of hydrogen-bond donors (Lipinski definition) is 7. The molecular formula is C52H44F6N4O8. The third-order valence-corrected chi connectivity index (χ3v) is 11.9. The largest absolute Gasteiger partial charge is 0.481 e. The number of hydrogen-bond acceptors (Lipinski definition) is 6. The second-order valence-electron chi connectivity index (χ2n) is 16.8. The molecule has 70 heavy (non-hydrogen) atoms. The highest BCUT2D eigenvalue weighted by atomic mass is 19.4. The van der Waals surface area contributed by atoms with E-state index >= 15 is 0 Å². The van der Waals surface area contributed by atoms with Crippen LogP contribution < -0.4 is 21.3 Å². The lowest BCUT2D eigenvalue weighted by atomic mass is 9.79. The number of aliphatic hydroxyl groups is 1. The smallest absolute Gasteiger partial charge is 0.416 e. The van der Waals surface area contributed by atoms with E-state index in [1.807, 2.05) is 24.3 Å². The molecule has 8 rings (SSSR count). The fraction of sp³-hybridized carbons (Fsp3) is 0.212. The van der Waals surface area contributed by atoms with Gasteiger partial charge in [-0.2, -0.15) is 26.3 Å². The van der Waals surface area contributed by atoms with Gasteiger partial charge in [0.25, 0.3) is 0 Å². The molecule has 0 radical (unpaired) electrons. The highest BCUT2D eigenvalue weighted by Gasteiger charge is 2.33. The van der Waals surface area contributed by atoms with Crippen LogP contribution in [0.15, 0.2) is 133 Å². The van der Waals surface area contributed by atoms with Crippen molar-refractivity contribution in [2.45, 2.75) is 57.0 Å². The van der Waals surface area contributed by atoms with E-state index in [2.05, 4.69) is 21.3 Å². The van der Waals surface area contributed by atoms with Gasteiger partial charge in [0.15, 0.2) is 5.78 Å². The quantitative estimate of drug-likeness (QED) is 0.0659. The zero-order valence-corrected chi connectivity index (χ0v) is 36.8. The number of anilines is 4. The number of carbonyl (C=O) groups excluding carboxylic acids is 3. The molecule has 362 valence electrons. The lowest BCUT2D eigenvalue weighted by molar-refractivity contribution is -0.140. The SMILES string of the molecule is O=C(O)CC1CCc2cc(-c3ccc(NC(=O)Nc4cccc(C(F)(F)F)c4)cc3)ccc2C1=O.O=C(O)CC1CCc2cc(-c3ccc(NC(=O)Nc4cccc(C(F)(F)F)c4)cc3)ccc2C1O. The molecule has 0 aliphatic heterocycles. The van der Waals surface area contributed by atoms with E-state index < -0.39 is 59.5 Å². The molecule has 18 heteroatoms. The minimum absolute atomic E-state index is 0.0168. The molecular weight excluding hydrogens is 923 g/mol. The minimum atomic E-state index is -4.51. The topological polar surface area (TPSA) is 194 Å². The van der Waals surface area contributed by atoms with E-state index in [0.29, 0.717) is 42.6 Å². The number of benzene rings is 6. The van der Waals surface area contributed by atoms with Crippen LogP contribution in [0.25, 0.3) is 22.3 Å². The monoisotopic (exact) mass is 966 g/mol. The fourth-order valence-electron chi connectivity index (χ4n) is 8.41. The molecule has 6 aromatic rings. The zero-order valence-electron chi connectivity index (χ0n) is 36.8.